The van der Waals surface area contributed by atoms with Gasteiger partial charge in [0.05, 0.1) is 12.1 Å². The fraction of sp³-hybridized carbons (Fsp3) is 0.792. The minimum absolute atomic E-state index is 0.000342. The van der Waals surface area contributed by atoms with Crippen LogP contribution in [0.4, 0.5) is 0 Å². The second-order valence-corrected chi connectivity index (χ2v) is 10.7. The lowest BCUT2D eigenvalue weighted by Gasteiger charge is -2.35. The van der Waals surface area contributed by atoms with Crippen LogP contribution in [0.25, 0.3) is 0 Å². The van der Waals surface area contributed by atoms with Crippen LogP contribution in [0, 0.1) is 11.8 Å². The SMILES string of the molecule is CC(C)CC1CC(c2onc(C(CCC(=O)O)CC(=O)OC(C)(C)C)c2C2CC2)C1. The molecule has 3 rings (SSSR count). The van der Waals surface area contributed by atoms with Crippen LogP contribution in [0.5, 0.6) is 0 Å². The quantitative estimate of drug-likeness (QED) is 0.484. The van der Waals surface area contributed by atoms with Gasteiger partial charge in [-0.2, -0.15) is 0 Å². The van der Waals surface area contributed by atoms with Gasteiger partial charge in [0.15, 0.2) is 0 Å². The predicted octanol–water partition coefficient (Wildman–Crippen LogP) is 5.77. The number of ether oxygens (including phenoxy) is 1. The van der Waals surface area contributed by atoms with Crippen molar-refractivity contribution < 1.29 is 24.0 Å². The summed E-state index contributed by atoms with van der Waals surface area (Å²) < 4.78 is 11.4. The number of nitrogens with zero attached hydrogens (tertiary/aromatic N) is 1. The number of aliphatic carboxylic acids is 1. The lowest BCUT2D eigenvalue weighted by atomic mass is 9.69. The number of carboxylic acids is 1. The molecule has 2 aliphatic carbocycles. The average molecular weight is 420 g/mol. The number of esters is 1. The highest BCUT2D eigenvalue weighted by atomic mass is 16.6. The largest absolute Gasteiger partial charge is 0.481 e. The second-order valence-electron chi connectivity index (χ2n) is 10.7. The van der Waals surface area contributed by atoms with E-state index in [4.69, 9.17) is 9.26 Å². The summed E-state index contributed by atoms with van der Waals surface area (Å²) in [5, 5.41) is 13.6. The van der Waals surface area contributed by atoms with Gasteiger partial charge in [0, 0.05) is 23.8 Å². The van der Waals surface area contributed by atoms with Crippen molar-refractivity contribution in [2.24, 2.45) is 11.8 Å². The molecule has 6 nitrogen and oxygen atoms in total. The summed E-state index contributed by atoms with van der Waals surface area (Å²) in [5.41, 5.74) is 1.40. The molecule has 168 valence electrons. The van der Waals surface area contributed by atoms with Crippen LogP contribution in [-0.4, -0.2) is 27.8 Å². The normalized spacial score (nSPS) is 22.6. The van der Waals surface area contributed by atoms with Crippen LogP contribution < -0.4 is 0 Å². The van der Waals surface area contributed by atoms with Crippen LogP contribution in [0.1, 0.15) is 121 Å². The highest BCUT2D eigenvalue weighted by molar-refractivity contribution is 5.71. The summed E-state index contributed by atoms with van der Waals surface area (Å²) in [5.74, 6) is 1.84. The van der Waals surface area contributed by atoms with E-state index < -0.39 is 11.6 Å². The van der Waals surface area contributed by atoms with E-state index in [1.807, 2.05) is 20.8 Å². The van der Waals surface area contributed by atoms with E-state index in [2.05, 4.69) is 19.0 Å². The van der Waals surface area contributed by atoms with E-state index in [1.165, 1.54) is 12.0 Å². The summed E-state index contributed by atoms with van der Waals surface area (Å²) in [6.45, 7) is 10.0. The summed E-state index contributed by atoms with van der Waals surface area (Å²) >= 11 is 0. The Hall–Kier alpha value is -1.85. The van der Waals surface area contributed by atoms with Crippen LogP contribution in [-0.2, 0) is 14.3 Å². The zero-order valence-electron chi connectivity index (χ0n) is 19.1. The molecule has 30 heavy (non-hydrogen) atoms. The van der Waals surface area contributed by atoms with Crippen LogP contribution >= 0.6 is 0 Å². The molecule has 0 saturated heterocycles. The molecule has 1 aromatic heterocycles. The maximum absolute atomic E-state index is 12.5. The highest BCUT2D eigenvalue weighted by Crippen LogP contribution is 2.52. The van der Waals surface area contributed by atoms with Gasteiger partial charge in [0.25, 0.3) is 0 Å². The third kappa shape index (κ3) is 6.08. The Morgan fingerprint density at radius 2 is 1.87 bits per heavy atom. The van der Waals surface area contributed by atoms with Crippen LogP contribution in [0.15, 0.2) is 4.52 Å². The van der Waals surface area contributed by atoms with Gasteiger partial charge in [0.1, 0.15) is 11.4 Å². The molecule has 0 amide bonds. The number of carbonyl (C=O) groups is 2. The molecule has 1 aromatic rings. The average Bonchev–Trinajstić information content (AvgIpc) is 3.31. The molecule has 1 N–H and O–H groups in total. The summed E-state index contributed by atoms with van der Waals surface area (Å²) in [6.07, 6.45) is 6.24. The van der Waals surface area contributed by atoms with E-state index >= 15 is 0 Å². The number of rotatable bonds is 10. The monoisotopic (exact) mass is 419 g/mol. The van der Waals surface area contributed by atoms with E-state index in [0.29, 0.717) is 24.2 Å². The number of aromatic nitrogens is 1. The van der Waals surface area contributed by atoms with Crippen LogP contribution in [0.2, 0.25) is 0 Å². The first-order valence-electron chi connectivity index (χ1n) is 11.5. The molecule has 0 spiro atoms. The molecule has 2 aliphatic rings. The number of carboxylic acid groups (broad SMARTS) is 1. The van der Waals surface area contributed by atoms with Gasteiger partial charge in [-0.15, -0.1) is 0 Å². The molecule has 1 heterocycles. The maximum Gasteiger partial charge on any atom is 0.306 e. The Morgan fingerprint density at radius 3 is 2.40 bits per heavy atom. The van der Waals surface area contributed by atoms with Crippen molar-refractivity contribution in [2.75, 3.05) is 0 Å². The first-order chi connectivity index (χ1) is 14.0. The Balaban J connectivity index is 1.78. The van der Waals surface area contributed by atoms with Gasteiger partial charge in [-0.1, -0.05) is 19.0 Å². The topological polar surface area (TPSA) is 89.6 Å². The minimum atomic E-state index is -0.864. The lowest BCUT2D eigenvalue weighted by Crippen LogP contribution is -2.25. The molecule has 0 aromatic carbocycles. The van der Waals surface area contributed by atoms with Gasteiger partial charge in [-0.25, -0.2) is 0 Å². The maximum atomic E-state index is 12.5. The second kappa shape index (κ2) is 9.11. The first-order valence-corrected chi connectivity index (χ1v) is 11.5. The summed E-state index contributed by atoms with van der Waals surface area (Å²) in [4.78, 5) is 23.7. The molecule has 6 heteroatoms. The van der Waals surface area contributed by atoms with Crippen molar-refractivity contribution in [3.05, 3.63) is 17.0 Å². The number of hydrogen-bond donors (Lipinski definition) is 1. The van der Waals surface area contributed by atoms with E-state index in [9.17, 15) is 14.7 Å². The summed E-state index contributed by atoms with van der Waals surface area (Å²) in [6, 6.07) is 0. The van der Waals surface area contributed by atoms with E-state index in [0.717, 1.165) is 43.1 Å². The minimum Gasteiger partial charge on any atom is -0.481 e. The van der Waals surface area contributed by atoms with Gasteiger partial charge < -0.3 is 14.4 Å². The number of hydrogen-bond acceptors (Lipinski definition) is 5. The lowest BCUT2D eigenvalue weighted by molar-refractivity contribution is -0.155. The Kier molecular flexibility index (Phi) is 6.93. The molecule has 0 radical (unpaired) electrons. The van der Waals surface area contributed by atoms with Crippen molar-refractivity contribution in [1.29, 1.82) is 0 Å². The van der Waals surface area contributed by atoms with Gasteiger partial charge in [-0.05, 0) is 77.0 Å². The van der Waals surface area contributed by atoms with Crippen molar-refractivity contribution >= 4 is 11.9 Å². The Bertz CT molecular complexity index is 750. The zero-order valence-corrected chi connectivity index (χ0v) is 19.1. The van der Waals surface area contributed by atoms with Crippen molar-refractivity contribution in [3.8, 4) is 0 Å². The molecular formula is C24H37NO5. The predicted molar refractivity (Wildman–Crippen MR) is 113 cm³/mol. The van der Waals surface area contributed by atoms with Crippen molar-refractivity contribution in [1.82, 2.24) is 5.16 Å². The zero-order chi connectivity index (χ0) is 22.1. The van der Waals surface area contributed by atoms with Crippen molar-refractivity contribution in [3.63, 3.8) is 0 Å². The molecule has 1 unspecified atom stereocenters. The van der Waals surface area contributed by atoms with E-state index in [1.54, 1.807) is 0 Å². The van der Waals surface area contributed by atoms with E-state index in [-0.39, 0.29) is 24.7 Å². The van der Waals surface area contributed by atoms with Crippen LogP contribution in [0.3, 0.4) is 0 Å². The third-order valence-corrected chi connectivity index (χ3v) is 6.11. The van der Waals surface area contributed by atoms with Gasteiger partial charge in [0.2, 0.25) is 0 Å². The Morgan fingerprint density at radius 1 is 1.20 bits per heavy atom. The molecule has 1 atom stereocenters. The molecule has 0 aliphatic heterocycles. The highest BCUT2D eigenvalue weighted by Gasteiger charge is 2.41. The third-order valence-electron chi connectivity index (χ3n) is 6.11. The van der Waals surface area contributed by atoms with Gasteiger partial charge >= 0.3 is 11.9 Å². The molecular weight excluding hydrogens is 382 g/mol. The standard InChI is InChI=1S/C24H37NO5/c1-14(2)10-15-11-18(12-15)23-21(16-6-7-16)22(25-30-23)17(8-9-19(26)27)13-20(28)29-24(3,4)5/h14-18H,6-13H2,1-5H3,(H,26,27). The van der Waals surface area contributed by atoms with Gasteiger partial charge in [-0.3, -0.25) is 9.59 Å². The number of carbonyl (C=O) groups excluding carboxylic acids is 1. The fourth-order valence-corrected chi connectivity index (χ4v) is 4.72. The molecule has 0 bridgehead atoms. The van der Waals surface area contributed by atoms with Crippen molar-refractivity contribution in [2.45, 2.75) is 109 Å². The fourth-order valence-electron chi connectivity index (χ4n) is 4.72. The molecule has 2 saturated carbocycles. The first kappa shape index (κ1) is 22.8. The molecule has 2 fully saturated rings. The summed E-state index contributed by atoms with van der Waals surface area (Å²) in [7, 11) is 0. The smallest absolute Gasteiger partial charge is 0.306 e. The Labute approximate surface area is 179 Å².